The molecule has 0 saturated carbocycles. The molecule has 2 aromatic carbocycles. The molecule has 1 N–H and O–H groups in total. The van der Waals surface area contributed by atoms with Gasteiger partial charge in [-0.1, -0.05) is 23.4 Å². The molecule has 2 rings (SSSR count). The van der Waals surface area contributed by atoms with Crippen LogP contribution in [0, 0.1) is 6.92 Å². The summed E-state index contributed by atoms with van der Waals surface area (Å²) in [6, 6.07) is 12.1. The molecule has 0 spiro atoms. The molecule has 7 heteroatoms. The highest BCUT2D eigenvalue weighted by Crippen LogP contribution is 2.24. The van der Waals surface area contributed by atoms with Crippen molar-refractivity contribution in [3.63, 3.8) is 0 Å². The van der Waals surface area contributed by atoms with Crippen LogP contribution in [0.3, 0.4) is 0 Å². The number of anilines is 1. The number of hydrogen-bond acceptors (Lipinski definition) is 6. The minimum atomic E-state index is -0.409. The maximum Gasteiger partial charge on any atom is 0.337 e. The van der Waals surface area contributed by atoms with Gasteiger partial charge in [-0.3, -0.25) is 4.79 Å². The number of carbonyl (C=O) groups excluding carboxylic acids is 2. The van der Waals surface area contributed by atoms with E-state index < -0.39 is 5.97 Å². The van der Waals surface area contributed by atoms with Gasteiger partial charge in [0.1, 0.15) is 5.75 Å². The van der Waals surface area contributed by atoms with Gasteiger partial charge < -0.3 is 19.6 Å². The summed E-state index contributed by atoms with van der Waals surface area (Å²) in [5.74, 6) is -0.196. The van der Waals surface area contributed by atoms with Gasteiger partial charge in [-0.2, -0.15) is 0 Å². The van der Waals surface area contributed by atoms with Crippen LogP contribution in [0.1, 0.15) is 21.5 Å². The van der Waals surface area contributed by atoms with Crippen LogP contribution in [-0.4, -0.2) is 38.9 Å². The second-order valence-electron chi connectivity index (χ2n) is 5.37. The zero-order valence-corrected chi connectivity index (χ0v) is 14.8. The molecule has 0 radical (unpaired) electrons. The number of esters is 1. The molecule has 136 valence electrons. The topological polar surface area (TPSA) is 86.2 Å². The molecular weight excluding hydrogens is 336 g/mol. The Balaban J connectivity index is 1.85. The minimum Gasteiger partial charge on any atom is -0.495 e. The number of carbonyl (C=O) groups is 2. The third kappa shape index (κ3) is 5.34. The first kappa shape index (κ1) is 19.0. The van der Waals surface area contributed by atoms with Gasteiger partial charge in [0, 0.05) is 0 Å². The van der Waals surface area contributed by atoms with Crippen LogP contribution in [-0.2, 0) is 14.4 Å². The fourth-order valence-electron chi connectivity index (χ4n) is 2.12. The average molecular weight is 356 g/mol. The second-order valence-corrected chi connectivity index (χ2v) is 5.37. The van der Waals surface area contributed by atoms with Crippen molar-refractivity contribution in [1.82, 2.24) is 0 Å². The van der Waals surface area contributed by atoms with Crippen molar-refractivity contribution in [1.29, 1.82) is 0 Å². The molecule has 0 aliphatic carbocycles. The van der Waals surface area contributed by atoms with Crippen molar-refractivity contribution in [2.24, 2.45) is 5.16 Å². The highest BCUT2D eigenvalue weighted by Gasteiger charge is 2.08. The first-order valence-electron chi connectivity index (χ1n) is 7.81. The number of nitrogens with one attached hydrogen (secondary N) is 1. The zero-order valence-electron chi connectivity index (χ0n) is 14.8. The number of nitrogens with zero attached hydrogens (tertiary/aromatic N) is 1. The predicted octanol–water partition coefficient (Wildman–Crippen LogP) is 2.78. The van der Waals surface area contributed by atoms with E-state index in [1.807, 2.05) is 19.1 Å². The Bertz CT molecular complexity index is 800. The highest BCUT2D eigenvalue weighted by molar-refractivity contribution is 5.93. The smallest absolute Gasteiger partial charge is 0.337 e. The maximum absolute atomic E-state index is 11.9. The molecule has 0 unspecified atom stereocenters. The minimum absolute atomic E-state index is 0.242. The first-order chi connectivity index (χ1) is 12.5. The lowest BCUT2D eigenvalue weighted by Gasteiger charge is -2.10. The quantitative estimate of drug-likeness (QED) is 0.468. The van der Waals surface area contributed by atoms with Crippen molar-refractivity contribution in [3.8, 4) is 5.75 Å². The molecule has 2 aromatic rings. The lowest BCUT2D eigenvalue weighted by atomic mass is 10.1. The Hall–Kier alpha value is -3.35. The van der Waals surface area contributed by atoms with Gasteiger partial charge in [0.05, 0.1) is 31.7 Å². The summed E-state index contributed by atoms with van der Waals surface area (Å²) in [7, 11) is 2.86. The van der Waals surface area contributed by atoms with E-state index in [4.69, 9.17) is 9.57 Å². The van der Waals surface area contributed by atoms with Crippen LogP contribution in [0.25, 0.3) is 0 Å². The Morgan fingerprint density at radius 3 is 2.50 bits per heavy atom. The van der Waals surface area contributed by atoms with Gasteiger partial charge in [-0.05, 0) is 42.3 Å². The maximum atomic E-state index is 11.9. The molecule has 0 heterocycles. The number of benzene rings is 2. The lowest BCUT2D eigenvalue weighted by Crippen LogP contribution is -2.17. The Labute approximate surface area is 151 Å². The van der Waals surface area contributed by atoms with E-state index in [0.717, 1.165) is 11.1 Å². The van der Waals surface area contributed by atoms with Gasteiger partial charge in [-0.25, -0.2) is 4.79 Å². The number of amides is 1. The third-order valence-corrected chi connectivity index (χ3v) is 3.43. The van der Waals surface area contributed by atoms with Crippen molar-refractivity contribution in [3.05, 3.63) is 59.2 Å². The monoisotopic (exact) mass is 356 g/mol. The number of oxime groups is 1. The largest absolute Gasteiger partial charge is 0.495 e. The molecule has 7 nitrogen and oxygen atoms in total. The first-order valence-corrected chi connectivity index (χ1v) is 7.81. The summed E-state index contributed by atoms with van der Waals surface area (Å²) in [6.45, 7) is 1.68. The number of hydrogen-bond donors (Lipinski definition) is 1. The zero-order chi connectivity index (χ0) is 18.9. The predicted molar refractivity (Wildman–Crippen MR) is 97.7 cm³/mol. The molecule has 1 amide bonds. The Kier molecular flexibility index (Phi) is 6.73. The number of ether oxygens (including phenoxy) is 2. The fourth-order valence-corrected chi connectivity index (χ4v) is 2.12. The van der Waals surface area contributed by atoms with Crippen molar-refractivity contribution in [2.75, 3.05) is 26.1 Å². The van der Waals surface area contributed by atoms with Crippen LogP contribution in [0.2, 0.25) is 0 Å². The van der Waals surface area contributed by atoms with Crippen LogP contribution in [0.4, 0.5) is 5.69 Å². The number of methoxy groups -OCH3 is 2. The molecule has 0 aliphatic rings. The van der Waals surface area contributed by atoms with Gasteiger partial charge in [0.15, 0.2) is 6.61 Å². The molecule has 0 atom stereocenters. The Morgan fingerprint density at radius 2 is 1.85 bits per heavy atom. The van der Waals surface area contributed by atoms with Crippen molar-refractivity contribution in [2.45, 2.75) is 6.92 Å². The van der Waals surface area contributed by atoms with Gasteiger partial charge in [0.25, 0.3) is 5.91 Å². The normalized spacial score (nSPS) is 10.4. The van der Waals surface area contributed by atoms with E-state index in [9.17, 15) is 9.59 Å². The third-order valence-electron chi connectivity index (χ3n) is 3.43. The summed E-state index contributed by atoms with van der Waals surface area (Å²) in [5.41, 5.74) is 2.73. The van der Waals surface area contributed by atoms with E-state index in [1.165, 1.54) is 20.4 Å². The molecule has 0 bridgehead atoms. The van der Waals surface area contributed by atoms with Gasteiger partial charge in [0.2, 0.25) is 0 Å². The summed E-state index contributed by atoms with van der Waals surface area (Å²) in [4.78, 5) is 28.3. The summed E-state index contributed by atoms with van der Waals surface area (Å²) in [5, 5.41) is 6.46. The van der Waals surface area contributed by atoms with Crippen LogP contribution in [0.15, 0.2) is 47.6 Å². The molecule has 0 aliphatic heterocycles. The lowest BCUT2D eigenvalue weighted by molar-refractivity contribution is -0.120. The second kappa shape index (κ2) is 9.22. The van der Waals surface area contributed by atoms with Crippen LogP contribution in [0.5, 0.6) is 5.75 Å². The molecule has 26 heavy (non-hydrogen) atoms. The van der Waals surface area contributed by atoms with E-state index in [2.05, 4.69) is 15.2 Å². The Morgan fingerprint density at radius 1 is 1.12 bits per heavy atom. The molecule has 0 fully saturated rings. The molecule has 0 saturated heterocycles. The van der Waals surface area contributed by atoms with Crippen LogP contribution < -0.4 is 10.1 Å². The number of aryl methyl sites for hydroxylation is 1. The standard InChI is InChI=1S/C19H20N2O5/c1-13-4-9-17(24-2)16(10-13)21-18(22)12-26-20-11-14-5-7-15(8-6-14)19(23)25-3/h4-11H,12H2,1-3H3,(H,21,22)/b20-11+. The van der Waals surface area contributed by atoms with Crippen LogP contribution >= 0.6 is 0 Å². The summed E-state index contributed by atoms with van der Waals surface area (Å²) >= 11 is 0. The van der Waals surface area contributed by atoms with Gasteiger partial charge in [-0.15, -0.1) is 0 Å². The van der Waals surface area contributed by atoms with E-state index in [1.54, 1.807) is 30.3 Å². The molecule has 0 aromatic heterocycles. The SMILES string of the molecule is COC(=O)c1ccc(/C=N/OCC(=O)Nc2cc(C)ccc2OC)cc1. The molecular formula is C19H20N2O5. The van der Waals surface area contributed by atoms with Gasteiger partial charge >= 0.3 is 5.97 Å². The fraction of sp³-hybridized carbons (Fsp3) is 0.211. The summed E-state index contributed by atoms with van der Waals surface area (Å²) < 4.78 is 9.82. The van der Waals surface area contributed by atoms with Crippen molar-refractivity contribution < 1.29 is 23.9 Å². The van der Waals surface area contributed by atoms with E-state index >= 15 is 0 Å². The van der Waals surface area contributed by atoms with E-state index in [-0.39, 0.29) is 12.5 Å². The van der Waals surface area contributed by atoms with E-state index in [0.29, 0.717) is 17.0 Å². The average Bonchev–Trinajstić information content (AvgIpc) is 2.65. The van der Waals surface area contributed by atoms with Crippen molar-refractivity contribution >= 4 is 23.8 Å². The highest BCUT2D eigenvalue weighted by atomic mass is 16.6. The number of rotatable bonds is 7. The summed E-state index contributed by atoms with van der Waals surface area (Å²) in [6.07, 6.45) is 1.45.